The van der Waals surface area contributed by atoms with Crippen LogP contribution in [0.3, 0.4) is 0 Å². The third-order valence-corrected chi connectivity index (χ3v) is 13.4. The predicted octanol–water partition coefficient (Wildman–Crippen LogP) is 7.33. The molecule has 0 bridgehead atoms. The summed E-state index contributed by atoms with van der Waals surface area (Å²) < 4.78 is 13.4. The van der Waals surface area contributed by atoms with Gasteiger partial charge in [0, 0.05) is 48.6 Å². The number of nitrogens with one attached hydrogen (secondary N) is 2. The van der Waals surface area contributed by atoms with E-state index in [-0.39, 0.29) is 36.1 Å². The van der Waals surface area contributed by atoms with Gasteiger partial charge in [-0.15, -0.1) is 0 Å². The zero-order chi connectivity index (χ0) is 40.6. The van der Waals surface area contributed by atoms with Gasteiger partial charge < -0.3 is 20.1 Å². The topological polar surface area (TPSA) is 134 Å². The maximum atomic E-state index is 13.5. The fourth-order valence-corrected chi connectivity index (χ4v) is 10.0. The first-order valence-electron chi connectivity index (χ1n) is 20.6. The first-order valence-corrected chi connectivity index (χ1v) is 20.6. The van der Waals surface area contributed by atoms with E-state index < -0.39 is 17.2 Å². The molecule has 11 nitrogen and oxygen atoms in total. The highest BCUT2D eigenvalue weighted by Crippen LogP contribution is 2.49. The fraction of sp³-hybridized carbons (Fsp3) is 0.500. The standard InChI is InChI=1S/C46H57N5O6/c1-8-30-17-19-46(49-41(30)52)20-18-31(27(2)25-46)23-32-15-16-33-24-39(48-43(57-7)40(32)33)36-13-9-11-34(28(36)3)35-12-10-14-38(29(35)4)47-42(53)37-26-51(21-22-56-6)45(55)50(5)44(37)54/h9-14,24,26-27,30-32H,8,15-23,25H2,1-7H3,(H,47,53)(H,49,52). The Morgan fingerprint density at radius 3 is 2.40 bits per heavy atom. The highest BCUT2D eigenvalue weighted by atomic mass is 16.5. The van der Waals surface area contributed by atoms with Crippen molar-refractivity contribution in [2.24, 2.45) is 24.8 Å². The maximum Gasteiger partial charge on any atom is 0.330 e. The number of aryl methyl sites for hydroxylation is 1. The molecule has 2 fully saturated rings. The smallest absolute Gasteiger partial charge is 0.330 e. The van der Waals surface area contributed by atoms with Gasteiger partial charge in [-0.3, -0.25) is 23.5 Å². The van der Waals surface area contributed by atoms with Gasteiger partial charge in [0.15, 0.2) is 0 Å². The molecule has 2 amide bonds. The molecule has 1 saturated carbocycles. The summed E-state index contributed by atoms with van der Waals surface area (Å²) in [7, 11) is 4.61. The minimum absolute atomic E-state index is 0.0273. The van der Waals surface area contributed by atoms with Crippen molar-refractivity contribution in [2.75, 3.05) is 26.1 Å². The third-order valence-electron chi connectivity index (χ3n) is 13.4. The second-order valence-electron chi connectivity index (χ2n) is 16.7. The summed E-state index contributed by atoms with van der Waals surface area (Å²) in [5.41, 5.74) is 7.53. The van der Waals surface area contributed by atoms with Gasteiger partial charge in [0.05, 0.1) is 26.0 Å². The first-order chi connectivity index (χ1) is 27.4. The van der Waals surface area contributed by atoms with Gasteiger partial charge in [-0.25, -0.2) is 9.78 Å². The summed E-state index contributed by atoms with van der Waals surface area (Å²) in [6.07, 6.45) is 10.8. The highest BCUT2D eigenvalue weighted by Gasteiger charge is 2.45. The van der Waals surface area contributed by atoms with Gasteiger partial charge in [0.25, 0.3) is 11.5 Å². The highest BCUT2D eigenvalue weighted by molar-refractivity contribution is 6.04. The number of amides is 2. The monoisotopic (exact) mass is 775 g/mol. The number of carbonyl (C=O) groups excluding carboxylic acids is 2. The van der Waals surface area contributed by atoms with Gasteiger partial charge in [-0.1, -0.05) is 44.2 Å². The van der Waals surface area contributed by atoms with Crippen LogP contribution in [0.25, 0.3) is 22.4 Å². The summed E-state index contributed by atoms with van der Waals surface area (Å²) in [6.45, 7) is 9.02. The number of hydrogen-bond acceptors (Lipinski definition) is 7. The molecule has 1 aliphatic heterocycles. The molecular weight excluding hydrogens is 719 g/mol. The molecule has 5 atom stereocenters. The van der Waals surface area contributed by atoms with Crippen LogP contribution in [-0.4, -0.2) is 52.3 Å². The lowest BCUT2D eigenvalue weighted by atomic mass is 9.64. The predicted molar refractivity (Wildman–Crippen MR) is 223 cm³/mol. The Morgan fingerprint density at radius 1 is 0.982 bits per heavy atom. The van der Waals surface area contributed by atoms with Crippen molar-refractivity contribution in [3.63, 3.8) is 0 Å². The van der Waals surface area contributed by atoms with E-state index >= 15 is 0 Å². The van der Waals surface area contributed by atoms with Gasteiger partial charge in [-0.05, 0) is 129 Å². The molecule has 2 aliphatic carbocycles. The number of pyridine rings is 1. The molecule has 3 aliphatic rings. The Labute approximate surface area is 335 Å². The average molecular weight is 776 g/mol. The summed E-state index contributed by atoms with van der Waals surface area (Å²) in [4.78, 5) is 57.1. The van der Waals surface area contributed by atoms with Crippen molar-refractivity contribution < 1.29 is 19.1 Å². The molecular formula is C46H57N5O6. The summed E-state index contributed by atoms with van der Waals surface area (Å²) in [5.74, 6) is 2.07. The molecule has 1 saturated heterocycles. The van der Waals surface area contributed by atoms with Crippen LogP contribution in [0.4, 0.5) is 5.69 Å². The lowest BCUT2D eigenvalue weighted by Gasteiger charge is -2.48. The van der Waals surface area contributed by atoms with Crippen LogP contribution in [0.1, 0.15) is 104 Å². The van der Waals surface area contributed by atoms with Gasteiger partial charge in [0.1, 0.15) is 5.56 Å². The quantitative estimate of drug-likeness (QED) is 0.163. The number of hydrogen-bond donors (Lipinski definition) is 2. The van der Waals surface area contributed by atoms with Crippen molar-refractivity contribution in [3.05, 3.63) is 97.3 Å². The molecule has 302 valence electrons. The first kappa shape index (κ1) is 40.2. The van der Waals surface area contributed by atoms with Crippen LogP contribution in [0.5, 0.6) is 5.88 Å². The van der Waals surface area contributed by atoms with E-state index in [2.05, 4.69) is 49.6 Å². The Kier molecular flexibility index (Phi) is 11.6. The summed E-state index contributed by atoms with van der Waals surface area (Å²) in [6, 6.07) is 14.2. The largest absolute Gasteiger partial charge is 0.481 e. The number of rotatable bonds is 11. The van der Waals surface area contributed by atoms with E-state index in [0.29, 0.717) is 29.3 Å². The van der Waals surface area contributed by atoms with E-state index in [1.807, 2.05) is 31.2 Å². The van der Waals surface area contributed by atoms with Crippen molar-refractivity contribution in [2.45, 2.75) is 103 Å². The molecule has 2 aromatic heterocycles. The van der Waals surface area contributed by atoms with E-state index in [4.69, 9.17) is 14.5 Å². The number of piperidine rings is 1. The molecule has 1 spiro atoms. The van der Waals surface area contributed by atoms with Gasteiger partial charge >= 0.3 is 5.69 Å². The van der Waals surface area contributed by atoms with Crippen molar-refractivity contribution >= 4 is 17.5 Å². The van der Waals surface area contributed by atoms with Crippen LogP contribution in [0, 0.1) is 31.6 Å². The van der Waals surface area contributed by atoms with Gasteiger partial charge in [0.2, 0.25) is 11.8 Å². The fourth-order valence-electron chi connectivity index (χ4n) is 10.0. The molecule has 3 heterocycles. The Bertz CT molecular complexity index is 2310. The molecule has 2 N–H and O–H groups in total. The molecule has 0 radical (unpaired) electrons. The van der Waals surface area contributed by atoms with Crippen LogP contribution in [0.15, 0.2) is 58.3 Å². The Hall–Kier alpha value is -5.03. The molecule has 57 heavy (non-hydrogen) atoms. The summed E-state index contributed by atoms with van der Waals surface area (Å²) in [5, 5.41) is 6.40. The summed E-state index contributed by atoms with van der Waals surface area (Å²) >= 11 is 0. The molecule has 5 unspecified atom stereocenters. The lowest BCUT2D eigenvalue weighted by molar-refractivity contribution is -0.131. The number of aromatic nitrogens is 3. The van der Waals surface area contributed by atoms with Crippen molar-refractivity contribution in [3.8, 4) is 28.3 Å². The molecule has 11 heteroatoms. The van der Waals surface area contributed by atoms with Crippen LogP contribution >= 0.6 is 0 Å². The van der Waals surface area contributed by atoms with Crippen molar-refractivity contribution in [1.82, 2.24) is 19.4 Å². The number of methoxy groups -OCH3 is 2. The van der Waals surface area contributed by atoms with E-state index in [0.717, 1.165) is 95.9 Å². The van der Waals surface area contributed by atoms with Crippen molar-refractivity contribution in [1.29, 1.82) is 0 Å². The van der Waals surface area contributed by atoms with E-state index in [1.165, 1.54) is 36.0 Å². The lowest BCUT2D eigenvalue weighted by Crippen LogP contribution is -2.57. The average Bonchev–Trinajstić information content (AvgIpc) is 3.61. The number of carbonyl (C=O) groups is 2. The van der Waals surface area contributed by atoms with Gasteiger partial charge in [-0.2, -0.15) is 0 Å². The number of fused-ring (bicyclic) bond motifs is 1. The number of anilines is 1. The van der Waals surface area contributed by atoms with E-state index in [1.54, 1.807) is 7.11 Å². The molecule has 7 rings (SSSR count). The Balaban J connectivity index is 1.11. The number of nitrogens with zero attached hydrogens (tertiary/aromatic N) is 3. The third kappa shape index (κ3) is 7.70. The van der Waals surface area contributed by atoms with Crippen LogP contribution in [0.2, 0.25) is 0 Å². The zero-order valence-corrected chi connectivity index (χ0v) is 34.5. The zero-order valence-electron chi connectivity index (χ0n) is 34.5. The number of benzene rings is 2. The second-order valence-corrected chi connectivity index (χ2v) is 16.7. The Morgan fingerprint density at radius 2 is 1.70 bits per heavy atom. The SMILES string of the molecule is CCC1CCC2(CCC(CC3CCc4cc(-c5cccc(-c6cccc(NC(=O)c7cn(CCOC)c(=O)n(C)c7=O)c6C)c5C)nc(OC)c43)C(C)C2)NC1=O. The van der Waals surface area contributed by atoms with Crippen LogP contribution in [-0.2, 0) is 29.5 Å². The number of ether oxygens (including phenoxy) is 2. The normalized spacial score (nSPS) is 23.0. The maximum absolute atomic E-state index is 13.5. The van der Waals surface area contributed by atoms with E-state index in [9.17, 15) is 19.2 Å². The minimum Gasteiger partial charge on any atom is -0.481 e. The molecule has 4 aromatic rings. The molecule has 2 aromatic carbocycles. The van der Waals surface area contributed by atoms with Crippen LogP contribution < -0.4 is 26.6 Å². The minimum atomic E-state index is -0.662. The second kappa shape index (κ2) is 16.4.